The number of hydrogen-bond acceptors (Lipinski definition) is 3. The highest BCUT2D eigenvalue weighted by atomic mass is 32.1. The average molecular weight is 227 g/mol. The second kappa shape index (κ2) is 5.64. The summed E-state index contributed by atoms with van der Waals surface area (Å²) < 4.78 is 0. The van der Waals surface area contributed by atoms with Crippen molar-refractivity contribution >= 4 is 11.3 Å². The Morgan fingerprint density at radius 1 is 1.47 bits per heavy atom. The molecular weight excluding hydrogens is 206 g/mol. The lowest BCUT2D eigenvalue weighted by atomic mass is 9.88. The third-order valence-corrected chi connectivity index (χ3v) is 3.97. The molecule has 0 bridgehead atoms. The third kappa shape index (κ3) is 3.59. The van der Waals surface area contributed by atoms with Gasteiger partial charge in [0.1, 0.15) is 0 Å². The van der Waals surface area contributed by atoms with E-state index in [1.807, 2.05) is 0 Å². The largest absolute Gasteiger partial charge is 0.396 e. The van der Waals surface area contributed by atoms with Gasteiger partial charge in [0.2, 0.25) is 0 Å². The minimum absolute atomic E-state index is 0.0178. The lowest BCUT2D eigenvalue weighted by Gasteiger charge is -2.25. The smallest absolute Gasteiger partial charge is 0.0496 e. The molecule has 1 rings (SSSR count). The van der Waals surface area contributed by atoms with E-state index in [0.717, 1.165) is 19.5 Å². The Kier molecular flexibility index (Phi) is 4.77. The topological polar surface area (TPSA) is 32.3 Å². The fourth-order valence-corrected chi connectivity index (χ4v) is 2.22. The Morgan fingerprint density at radius 2 is 2.20 bits per heavy atom. The summed E-state index contributed by atoms with van der Waals surface area (Å²) in [5.41, 5.74) is 2.75. The zero-order chi connectivity index (χ0) is 11.3. The van der Waals surface area contributed by atoms with Crippen LogP contribution in [0.3, 0.4) is 0 Å². The van der Waals surface area contributed by atoms with Crippen molar-refractivity contribution in [3.63, 3.8) is 0 Å². The normalized spacial score (nSPS) is 15.2. The minimum Gasteiger partial charge on any atom is -0.396 e. The van der Waals surface area contributed by atoms with Gasteiger partial charge in [-0.15, -0.1) is 0 Å². The fraction of sp³-hybridized carbons (Fsp3) is 0.667. The standard InChI is InChI=1S/C12H21NOS/c1-4-12(3,9-14)8-13-5-11-7-15-6-10(11)2/h6-7,13-14H,4-5,8-9H2,1-3H3. The van der Waals surface area contributed by atoms with Gasteiger partial charge in [-0.25, -0.2) is 0 Å². The van der Waals surface area contributed by atoms with E-state index in [2.05, 4.69) is 36.8 Å². The van der Waals surface area contributed by atoms with E-state index in [0.29, 0.717) is 0 Å². The maximum absolute atomic E-state index is 9.26. The first kappa shape index (κ1) is 12.7. The summed E-state index contributed by atoms with van der Waals surface area (Å²) >= 11 is 1.75. The van der Waals surface area contributed by atoms with Crippen LogP contribution in [-0.2, 0) is 6.54 Å². The summed E-state index contributed by atoms with van der Waals surface area (Å²) in [6, 6.07) is 0. The molecule has 1 heterocycles. The van der Waals surface area contributed by atoms with Gasteiger partial charge in [0, 0.05) is 25.1 Å². The van der Waals surface area contributed by atoms with Gasteiger partial charge in [-0.05, 0) is 35.2 Å². The van der Waals surface area contributed by atoms with E-state index in [1.54, 1.807) is 11.3 Å². The first-order valence-electron chi connectivity index (χ1n) is 5.44. The molecule has 2 N–H and O–H groups in total. The van der Waals surface area contributed by atoms with Crippen LogP contribution in [0.25, 0.3) is 0 Å². The first-order valence-corrected chi connectivity index (χ1v) is 6.39. The lowest BCUT2D eigenvalue weighted by Crippen LogP contribution is -2.34. The number of nitrogens with one attached hydrogen (secondary N) is 1. The number of thiophene rings is 1. The molecule has 0 saturated heterocycles. The molecular formula is C12H21NOS. The van der Waals surface area contributed by atoms with E-state index < -0.39 is 0 Å². The number of rotatable bonds is 6. The zero-order valence-corrected chi connectivity index (χ0v) is 10.7. The molecule has 0 aliphatic rings. The van der Waals surface area contributed by atoms with E-state index in [9.17, 15) is 5.11 Å². The van der Waals surface area contributed by atoms with E-state index in [-0.39, 0.29) is 12.0 Å². The Labute approximate surface area is 96.3 Å². The van der Waals surface area contributed by atoms with Crippen LogP contribution in [0, 0.1) is 12.3 Å². The Morgan fingerprint density at radius 3 is 2.67 bits per heavy atom. The summed E-state index contributed by atoms with van der Waals surface area (Å²) in [7, 11) is 0. The van der Waals surface area contributed by atoms with Crippen LogP contribution in [0.2, 0.25) is 0 Å². The van der Waals surface area contributed by atoms with E-state index in [1.165, 1.54) is 11.1 Å². The van der Waals surface area contributed by atoms with Crippen molar-refractivity contribution in [1.82, 2.24) is 5.32 Å². The van der Waals surface area contributed by atoms with Crippen LogP contribution >= 0.6 is 11.3 Å². The van der Waals surface area contributed by atoms with Crippen molar-refractivity contribution < 1.29 is 5.11 Å². The first-order chi connectivity index (χ1) is 7.11. The van der Waals surface area contributed by atoms with Crippen molar-refractivity contribution in [2.75, 3.05) is 13.2 Å². The van der Waals surface area contributed by atoms with E-state index >= 15 is 0 Å². The van der Waals surface area contributed by atoms with Crippen LogP contribution in [0.5, 0.6) is 0 Å². The Bertz CT molecular complexity index is 292. The predicted molar refractivity (Wildman–Crippen MR) is 66.2 cm³/mol. The molecule has 0 spiro atoms. The quantitative estimate of drug-likeness (QED) is 0.783. The molecule has 0 amide bonds. The van der Waals surface area contributed by atoms with Crippen molar-refractivity contribution in [1.29, 1.82) is 0 Å². The van der Waals surface area contributed by atoms with Crippen molar-refractivity contribution in [3.05, 3.63) is 21.9 Å². The molecule has 3 heteroatoms. The van der Waals surface area contributed by atoms with Gasteiger partial charge in [0.25, 0.3) is 0 Å². The highest BCUT2D eigenvalue weighted by Crippen LogP contribution is 2.19. The minimum atomic E-state index is 0.0178. The molecule has 1 aromatic rings. The van der Waals surface area contributed by atoms with Gasteiger partial charge in [-0.3, -0.25) is 0 Å². The summed E-state index contributed by atoms with van der Waals surface area (Å²) in [6.07, 6.45) is 0.999. The summed E-state index contributed by atoms with van der Waals surface area (Å²) in [4.78, 5) is 0. The molecule has 15 heavy (non-hydrogen) atoms. The molecule has 1 atom stereocenters. The van der Waals surface area contributed by atoms with Gasteiger partial charge >= 0.3 is 0 Å². The number of aryl methyl sites for hydroxylation is 1. The molecule has 0 radical (unpaired) electrons. The molecule has 2 nitrogen and oxygen atoms in total. The number of aliphatic hydroxyl groups excluding tert-OH is 1. The van der Waals surface area contributed by atoms with E-state index in [4.69, 9.17) is 0 Å². The monoisotopic (exact) mass is 227 g/mol. The highest BCUT2D eigenvalue weighted by Gasteiger charge is 2.20. The highest BCUT2D eigenvalue weighted by molar-refractivity contribution is 7.08. The predicted octanol–water partition coefficient (Wildman–Crippen LogP) is 2.55. The van der Waals surface area contributed by atoms with Gasteiger partial charge in [0.05, 0.1) is 0 Å². The maximum atomic E-state index is 9.26. The number of aliphatic hydroxyl groups is 1. The molecule has 0 aliphatic heterocycles. The van der Waals surface area contributed by atoms with Gasteiger partial charge in [-0.1, -0.05) is 13.8 Å². The number of hydrogen-bond donors (Lipinski definition) is 2. The molecule has 1 unspecified atom stereocenters. The average Bonchev–Trinajstić information content (AvgIpc) is 2.64. The molecule has 0 aromatic carbocycles. The zero-order valence-electron chi connectivity index (χ0n) is 9.84. The van der Waals surface area contributed by atoms with Gasteiger partial charge in [-0.2, -0.15) is 11.3 Å². The second-order valence-electron chi connectivity index (χ2n) is 4.51. The maximum Gasteiger partial charge on any atom is 0.0496 e. The van der Waals surface area contributed by atoms with Crippen LogP contribution in [-0.4, -0.2) is 18.3 Å². The second-order valence-corrected chi connectivity index (χ2v) is 5.25. The van der Waals surface area contributed by atoms with Crippen molar-refractivity contribution in [2.24, 2.45) is 5.41 Å². The third-order valence-electron chi connectivity index (χ3n) is 3.06. The lowest BCUT2D eigenvalue weighted by molar-refractivity contribution is 0.135. The molecule has 0 fully saturated rings. The van der Waals surface area contributed by atoms with Gasteiger partial charge < -0.3 is 10.4 Å². The molecule has 86 valence electrons. The van der Waals surface area contributed by atoms with Crippen molar-refractivity contribution in [3.8, 4) is 0 Å². The summed E-state index contributed by atoms with van der Waals surface area (Å²) in [5.74, 6) is 0. The molecule has 0 aliphatic carbocycles. The fourth-order valence-electron chi connectivity index (χ4n) is 1.36. The summed E-state index contributed by atoms with van der Waals surface area (Å²) in [5, 5.41) is 17.0. The Hall–Kier alpha value is -0.380. The van der Waals surface area contributed by atoms with Crippen molar-refractivity contribution in [2.45, 2.75) is 33.7 Å². The van der Waals surface area contributed by atoms with Crippen LogP contribution in [0.15, 0.2) is 10.8 Å². The SMILES string of the molecule is CCC(C)(CO)CNCc1cscc1C. The molecule has 0 saturated carbocycles. The van der Waals surface area contributed by atoms with Crippen LogP contribution in [0.4, 0.5) is 0 Å². The summed E-state index contributed by atoms with van der Waals surface area (Å²) in [6.45, 7) is 8.39. The van der Waals surface area contributed by atoms with Gasteiger partial charge in [0.15, 0.2) is 0 Å². The Balaban J connectivity index is 2.36. The molecule has 1 aromatic heterocycles. The van der Waals surface area contributed by atoms with Crippen LogP contribution in [0.1, 0.15) is 31.4 Å². The van der Waals surface area contributed by atoms with Crippen LogP contribution < -0.4 is 5.32 Å².